The number of rotatable bonds is 3. The van der Waals surface area contributed by atoms with Crippen molar-refractivity contribution in [1.29, 1.82) is 0 Å². The standard InChI is InChI=1S/C13H15N5O/c1-17(2)10-6-7-12(11(14)9-10)15-16-13-5-3-4-8-18(13)19/h3-9,14,19H,1-2H3/p+1. The third-order valence-corrected chi connectivity index (χ3v) is 2.61. The van der Waals surface area contributed by atoms with Crippen LogP contribution in [0.2, 0.25) is 0 Å². The van der Waals surface area contributed by atoms with Crippen LogP contribution in [0.4, 0.5) is 22.9 Å². The summed E-state index contributed by atoms with van der Waals surface area (Å²) in [7, 11) is 3.88. The minimum absolute atomic E-state index is 0.332. The van der Waals surface area contributed by atoms with Crippen molar-refractivity contribution < 1.29 is 9.94 Å². The predicted octanol–water partition coefficient (Wildman–Crippen LogP) is 2.27. The van der Waals surface area contributed by atoms with Crippen LogP contribution in [0.5, 0.6) is 0 Å². The molecule has 1 aromatic heterocycles. The summed E-state index contributed by atoms with van der Waals surface area (Å²) in [5, 5.41) is 17.5. The predicted molar refractivity (Wildman–Crippen MR) is 73.2 cm³/mol. The van der Waals surface area contributed by atoms with Crippen molar-refractivity contribution in [3.63, 3.8) is 0 Å². The molecule has 0 unspecified atom stereocenters. The van der Waals surface area contributed by atoms with Crippen LogP contribution in [0, 0.1) is 0 Å². The third-order valence-electron chi connectivity index (χ3n) is 2.61. The van der Waals surface area contributed by atoms with Crippen molar-refractivity contribution in [2.24, 2.45) is 10.2 Å². The molecule has 0 aliphatic rings. The Labute approximate surface area is 111 Å². The van der Waals surface area contributed by atoms with Crippen LogP contribution in [0.25, 0.3) is 0 Å². The molecule has 0 bridgehead atoms. The van der Waals surface area contributed by atoms with Crippen LogP contribution in [-0.2, 0) is 0 Å². The molecule has 1 aromatic carbocycles. The number of anilines is 2. The van der Waals surface area contributed by atoms with Crippen LogP contribution in [-0.4, -0.2) is 19.3 Å². The molecule has 3 N–H and O–H groups in total. The van der Waals surface area contributed by atoms with Gasteiger partial charge in [0.05, 0.1) is 10.8 Å². The van der Waals surface area contributed by atoms with Gasteiger partial charge in [0.25, 0.3) is 0 Å². The Morgan fingerprint density at radius 1 is 1.16 bits per heavy atom. The maximum Gasteiger partial charge on any atom is 0.388 e. The first-order valence-electron chi connectivity index (χ1n) is 5.76. The number of pyridine rings is 1. The molecular weight excluding hydrogens is 242 g/mol. The first-order valence-corrected chi connectivity index (χ1v) is 5.76. The molecule has 0 radical (unpaired) electrons. The molecular formula is C13H16N5O+. The fourth-order valence-corrected chi connectivity index (χ4v) is 1.52. The minimum Gasteiger partial charge on any atom is -0.397 e. The van der Waals surface area contributed by atoms with Crippen molar-refractivity contribution >= 4 is 22.9 Å². The zero-order valence-corrected chi connectivity index (χ0v) is 10.9. The lowest BCUT2D eigenvalue weighted by Gasteiger charge is -2.12. The second-order valence-corrected chi connectivity index (χ2v) is 4.24. The SMILES string of the molecule is CN(C)c1ccc(N=Nc2cccc[n+]2O)c(N)c1. The van der Waals surface area contributed by atoms with Crippen LogP contribution < -0.4 is 15.4 Å². The van der Waals surface area contributed by atoms with Gasteiger partial charge < -0.3 is 15.8 Å². The number of nitrogen functional groups attached to an aromatic ring is 1. The van der Waals surface area contributed by atoms with Crippen LogP contribution in [0.1, 0.15) is 0 Å². The van der Waals surface area contributed by atoms with Gasteiger partial charge in [-0.15, -0.1) is 0 Å². The van der Waals surface area contributed by atoms with Crippen LogP contribution in [0.3, 0.4) is 0 Å². The van der Waals surface area contributed by atoms with E-state index in [2.05, 4.69) is 10.2 Å². The molecule has 2 rings (SSSR count). The fraction of sp³-hybridized carbons (Fsp3) is 0.154. The largest absolute Gasteiger partial charge is 0.397 e. The Morgan fingerprint density at radius 3 is 2.58 bits per heavy atom. The van der Waals surface area contributed by atoms with E-state index in [1.807, 2.05) is 31.1 Å². The summed E-state index contributed by atoms with van der Waals surface area (Å²) in [4.78, 5) is 1.95. The molecule has 19 heavy (non-hydrogen) atoms. The van der Waals surface area contributed by atoms with Gasteiger partial charge in [-0.3, -0.25) is 0 Å². The van der Waals surface area contributed by atoms with Crippen molar-refractivity contribution in [1.82, 2.24) is 0 Å². The Hall–Kier alpha value is -2.63. The first kappa shape index (κ1) is 12.8. The summed E-state index contributed by atoms with van der Waals surface area (Å²) >= 11 is 0. The van der Waals surface area contributed by atoms with Crippen molar-refractivity contribution in [3.05, 3.63) is 42.6 Å². The summed E-state index contributed by atoms with van der Waals surface area (Å²) in [6.45, 7) is 0. The monoisotopic (exact) mass is 258 g/mol. The first-order chi connectivity index (χ1) is 9.08. The highest BCUT2D eigenvalue weighted by atomic mass is 16.5. The molecule has 6 nitrogen and oxygen atoms in total. The van der Waals surface area contributed by atoms with E-state index in [9.17, 15) is 5.21 Å². The lowest BCUT2D eigenvalue weighted by Crippen LogP contribution is -2.28. The van der Waals surface area contributed by atoms with Gasteiger partial charge in [0.1, 0.15) is 11.9 Å². The van der Waals surface area contributed by atoms with E-state index in [0.29, 0.717) is 17.2 Å². The lowest BCUT2D eigenvalue weighted by atomic mass is 10.2. The maximum atomic E-state index is 9.50. The smallest absolute Gasteiger partial charge is 0.388 e. The number of nitrogens with zero attached hydrogens (tertiary/aromatic N) is 4. The van der Waals surface area contributed by atoms with Crippen LogP contribution >= 0.6 is 0 Å². The van der Waals surface area contributed by atoms with Crippen LogP contribution in [0.15, 0.2) is 52.8 Å². The number of benzene rings is 1. The Kier molecular flexibility index (Phi) is 3.61. The molecule has 98 valence electrons. The highest BCUT2D eigenvalue weighted by Gasteiger charge is 2.08. The summed E-state index contributed by atoms with van der Waals surface area (Å²) in [5.74, 6) is 0.332. The number of nitrogens with two attached hydrogens (primary N) is 1. The summed E-state index contributed by atoms with van der Waals surface area (Å²) < 4.78 is 0.897. The molecule has 0 spiro atoms. The third kappa shape index (κ3) is 2.98. The van der Waals surface area contributed by atoms with Gasteiger partial charge in [-0.05, 0) is 40.2 Å². The molecule has 0 atom stereocenters. The topological polar surface area (TPSA) is 78.1 Å². The number of aromatic nitrogens is 1. The lowest BCUT2D eigenvalue weighted by molar-refractivity contribution is -0.894. The number of hydrogen-bond acceptors (Lipinski definition) is 5. The highest BCUT2D eigenvalue weighted by molar-refractivity contribution is 5.69. The van der Waals surface area contributed by atoms with E-state index in [4.69, 9.17) is 5.73 Å². The van der Waals surface area contributed by atoms with E-state index < -0.39 is 0 Å². The molecule has 2 aromatic rings. The van der Waals surface area contributed by atoms with Gasteiger partial charge in [-0.2, -0.15) is 0 Å². The number of hydrogen-bond donors (Lipinski definition) is 2. The normalized spacial score (nSPS) is 10.8. The summed E-state index contributed by atoms with van der Waals surface area (Å²) in [6.07, 6.45) is 1.48. The van der Waals surface area contributed by atoms with Crippen molar-refractivity contribution in [2.75, 3.05) is 24.7 Å². The van der Waals surface area contributed by atoms with Gasteiger partial charge in [-0.1, -0.05) is 0 Å². The Morgan fingerprint density at radius 2 is 1.95 bits per heavy atom. The highest BCUT2D eigenvalue weighted by Crippen LogP contribution is 2.27. The van der Waals surface area contributed by atoms with Crippen molar-refractivity contribution in [3.8, 4) is 0 Å². The second kappa shape index (κ2) is 5.34. The van der Waals surface area contributed by atoms with Crippen molar-refractivity contribution in [2.45, 2.75) is 0 Å². The van der Waals surface area contributed by atoms with E-state index in [1.54, 1.807) is 24.3 Å². The molecule has 1 heterocycles. The molecule has 0 fully saturated rings. The molecule has 0 aliphatic carbocycles. The van der Waals surface area contributed by atoms with E-state index in [0.717, 1.165) is 10.4 Å². The Balaban J connectivity index is 2.27. The number of azo groups is 1. The van der Waals surface area contributed by atoms with Gasteiger partial charge >= 0.3 is 5.82 Å². The van der Waals surface area contributed by atoms with E-state index >= 15 is 0 Å². The molecule has 6 heteroatoms. The molecule has 0 saturated carbocycles. The maximum absolute atomic E-state index is 9.50. The molecule has 0 saturated heterocycles. The quantitative estimate of drug-likeness (QED) is 0.383. The molecule has 0 amide bonds. The fourth-order valence-electron chi connectivity index (χ4n) is 1.52. The second-order valence-electron chi connectivity index (χ2n) is 4.24. The molecule has 0 aliphatic heterocycles. The average Bonchev–Trinajstić information content (AvgIpc) is 2.39. The average molecular weight is 258 g/mol. The van der Waals surface area contributed by atoms with Gasteiger partial charge in [-0.25, -0.2) is 0 Å². The van der Waals surface area contributed by atoms with Gasteiger partial charge in [0.2, 0.25) is 0 Å². The van der Waals surface area contributed by atoms with E-state index in [-0.39, 0.29) is 0 Å². The van der Waals surface area contributed by atoms with Gasteiger partial charge in [0.15, 0.2) is 0 Å². The zero-order valence-electron chi connectivity index (χ0n) is 10.9. The minimum atomic E-state index is 0.332. The Bertz CT molecular complexity index is 610. The summed E-state index contributed by atoms with van der Waals surface area (Å²) in [5.41, 5.74) is 8.01. The van der Waals surface area contributed by atoms with E-state index in [1.165, 1.54) is 6.20 Å². The summed E-state index contributed by atoms with van der Waals surface area (Å²) in [6, 6.07) is 10.6. The van der Waals surface area contributed by atoms with Gasteiger partial charge in [0, 0.05) is 25.8 Å². The zero-order chi connectivity index (χ0) is 13.8.